The van der Waals surface area contributed by atoms with Crippen molar-refractivity contribution in [2.24, 2.45) is 5.92 Å². The van der Waals surface area contributed by atoms with E-state index in [-0.39, 0.29) is 6.03 Å². The number of carbonyl (C=O) groups is 1. The Kier molecular flexibility index (Phi) is 6.03. The Morgan fingerprint density at radius 1 is 1.62 bits per heavy atom. The van der Waals surface area contributed by atoms with E-state index in [4.69, 9.17) is 0 Å². The molecule has 1 saturated heterocycles. The van der Waals surface area contributed by atoms with Gasteiger partial charge < -0.3 is 10.2 Å². The van der Waals surface area contributed by atoms with Crippen molar-refractivity contribution >= 4 is 17.8 Å². The van der Waals surface area contributed by atoms with E-state index < -0.39 is 0 Å². The van der Waals surface area contributed by atoms with Crippen molar-refractivity contribution in [1.82, 2.24) is 10.2 Å². The molecule has 2 atom stereocenters. The summed E-state index contributed by atoms with van der Waals surface area (Å²) in [5.41, 5.74) is 0. The second-order valence-electron chi connectivity index (χ2n) is 4.68. The molecule has 2 unspecified atom stereocenters. The lowest BCUT2D eigenvalue weighted by Crippen LogP contribution is -2.42. The zero-order valence-corrected chi connectivity index (χ0v) is 11.5. The molecule has 1 N–H and O–H groups in total. The Labute approximate surface area is 103 Å². The molecule has 0 saturated carbocycles. The van der Waals surface area contributed by atoms with Gasteiger partial charge in [0.1, 0.15) is 0 Å². The Morgan fingerprint density at radius 2 is 2.38 bits per heavy atom. The number of urea groups is 1. The highest BCUT2D eigenvalue weighted by atomic mass is 32.2. The standard InChI is InChI=1S/C12H24N2OS/c1-4-16-8-6-11(3)13-12(15)14-7-5-10(2)9-14/h10-11H,4-9H2,1-3H3,(H,13,15). The minimum absolute atomic E-state index is 0.123. The number of hydrogen-bond donors (Lipinski definition) is 1. The molecule has 0 bridgehead atoms. The van der Waals surface area contributed by atoms with Gasteiger partial charge in [0.05, 0.1) is 0 Å². The second kappa shape index (κ2) is 7.05. The van der Waals surface area contributed by atoms with Gasteiger partial charge in [-0.05, 0) is 37.2 Å². The van der Waals surface area contributed by atoms with Crippen molar-refractivity contribution < 1.29 is 4.79 Å². The highest BCUT2D eigenvalue weighted by Gasteiger charge is 2.23. The number of likely N-dealkylation sites (tertiary alicyclic amines) is 1. The van der Waals surface area contributed by atoms with Crippen LogP contribution in [0.4, 0.5) is 4.79 Å². The average molecular weight is 244 g/mol. The van der Waals surface area contributed by atoms with Crippen molar-refractivity contribution in [3.05, 3.63) is 0 Å². The molecule has 2 amide bonds. The molecule has 1 heterocycles. The van der Waals surface area contributed by atoms with Crippen molar-refractivity contribution in [3.8, 4) is 0 Å². The molecule has 1 fully saturated rings. The molecule has 0 aromatic heterocycles. The lowest BCUT2D eigenvalue weighted by Gasteiger charge is -2.20. The minimum atomic E-state index is 0.123. The van der Waals surface area contributed by atoms with Gasteiger partial charge in [0.2, 0.25) is 0 Å². The fraction of sp³-hybridized carbons (Fsp3) is 0.917. The van der Waals surface area contributed by atoms with Crippen LogP contribution in [0, 0.1) is 5.92 Å². The maximum atomic E-state index is 11.8. The Morgan fingerprint density at radius 3 is 2.94 bits per heavy atom. The molecule has 0 aliphatic carbocycles. The third-order valence-electron chi connectivity index (χ3n) is 2.98. The minimum Gasteiger partial charge on any atom is -0.336 e. The summed E-state index contributed by atoms with van der Waals surface area (Å²) in [6.07, 6.45) is 2.21. The van der Waals surface area contributed by atoms with E-state index in [0.717, 1.165) is 37.4 Å². The molecule has 94 valence electrons. The number of nitrogens with zero attached hydrogens (tertiary/aromatic N) is 1. The molecule has 0 aromatic carbocycles. The van der Waals surface area contributed by atoms with E-state index in [0.29, 0.717) is 12.0 Å². The van der Waals surface area contributed by atoms with Gasteiger partial charge in [-0.3, -0.25) is 0 Å². The number of carbonyl (C=O) groups excluding carboxylic acids is 1. The fourth-order valence-electron chi connectivity index (χ4n) is 1.90. The molecule has 3 nitrogen and oxygen atoms in total. The molecule has 0 radical (unpaired) electrons. The summed E-state index contributed by atoms with van der Waals surface area (Å²) in [7, 11) is 0. The fourth-order valence-corrected chi connectivity index (χ4v) is 2.71. The smallest absolute Gasteiger partial charge is 0.317 e. The first kappa shape index (κ1) is 13.7. The zero-order valence-electron chi connectivity index (χ0n) is 10.7. The van der Waals surface area contributed by atoms with E-state index in [2.05, 4.69) is 26.1 Å². The summed E-state index contributed by atoms with van der Waals surface area (Å²) in [5.74, 6) is 2.95. The maximum absolute atomic E-state index is 11.8. The summed E-state index contributed by atoms with van der Waals surface area (Å²) in [6, 6.07) is 0.417. The van der Waals surface area contributed by atoms with Crippen molar-refractivity contribution in [3.63, 3.8) is 0 Å². The summed E-state index contributed by atoms with van der Waals surface area (Å²) in [6.45, 7) is 8.30. The highest BCUT2D eigenvalue weighted by molar-refractivity contribution is 7.99. The van der Waals surface area contributed by atoms with E-state index in [1.54, 1.807) is 0 Å². The predicted octanol–water partition coefficient (Wildman–Crippen LogP) is 2.57. The topological polar surface area (TPSA) is 32.3 Å². The molecule has 0 spiro atoms. The van der Waals surface area contributed by atoms with Gasteiger partial charge in [0.25, 0.3) is 0 Å². The van der Waals surface area contributed by atoms with Crippen LogP contribution in [-0.2, 0) is 0 Å². The van der Waals surface area contributed by atoms with Gasteiger partial charge in [-0.15, -0.1) is 0 Å². The van der Waals surface area contributed by atoms with Gasteiger partial charge >= 0.3 is 6.03 Å². The SMILES string of the molecule is CCSCCC(C)NC(=O)N1CCC(C)C1. The second-order valence-corrected chi connectivity index (χ2v) is 6.07. The van der Waals surface area contributed by atoms with Crippen LogP contribution in [0.1, 0.15) is 33.6 Å². The molecule has 1 rings (SSSR count). The average Bonchev–Trinajstić information content (AvgIpc) is 2.65. The molecule has 0 aromatic rings. The van der Waals surface area contributed by atoms with Gasteiger partial charge in [0.15, 0.2) is 0 Å². The first-order valence-electron chi connectivity index (χ1n) is 6.26. The van der Waals surface area contributed by atoms with Crippen LogP contribution in [-0.4, -0.2) is 41.6 Å². The number of rotatable bonds is 5. The Bertz CT molecular complexity index is 223. The lowest BCUT2D eigenvalue weighted by atomic mass is 10.2. The highest BCUT2D eigenvalue weighted by Crippen LogP contribution is 2.15. The largest absolute Gasteiger partial charge is 0.336 e. The summed E-state index contributed by atoms with van der Waals surface area (Å²) in [5, 5.41) is 3.07. The normalized spacial score (nSPS) is 22.2. The number of hydrogen-bond acceptors (Lipinski definition) is 2. The molecular weight excluding hydrogens is 220 g/mol. The van der Waals surface area contributed by atoms with Crippen LogP contribution in [0.3, 0.4) is 0 Å². The molecule has 1 aliphatic rings. The summed E-state index contributed by atoms with van der Waals surface area (Å²) < 4.78 is 0. The van der Waals surface area contributed by atoms with Crippen LogP contribution in [0.25, 0.3) is 0 Å². The van der Waals surface area contributed by atoms with Crippen LogP contribution in [0.2, 0.25) is 0 Å². The van der Waals surface area contributed by atoms with E-state index in [9.17, 15) is 4.79 Å². The van der Waals surface area contributed by atoms with Crippen molar-refractivity contribution in [2.45, 2.75) is 39.7 Å². The molecule has 16 heavy (non-hydrogen) atoms. The Balaban J connectivity index is 2.17. The van der Waals surface area contributed by atoms with E-state index in [1.165, 1.54) is 0 Å². The molecule has 1 aliphatic heterocycles. The van der Waals surface area contributed by atoms with Gasteiger partial charge in [0, 0.05) is 19.1 Å². The van der Waals surface area contributed by atoms with Crippen molar-refractivity contribution in [1.29, 1.82) is 0 Å². The quantitative estimate of drug-likeness (QED) is 0.754. The van der Waals surface area contributed by atoms with Crippen LogP contribution in [0.5, 0.6) is 0 Å². The van der Waals surface area contributed by atoms with E-state index in [1.807, 2.05) is 16.7 Å². The van der Waals surface area contributed by atoms with Gasteiger partial charge in [-0.2, -0.15) is 11.8 Å². The first-order chi connectivity index (χ1) is 7.63. The number of thioether (sulfide) groups is 1. The Hall–Kier alpha value is -0.380. The number of amides is 2. The predicted molar refractivity (Wildman–Crippen MR) is 71.0 cm³/mol. The van der Waals surface area contributed by atoms with Crippen LogP contribution in [0.15, 0.2) is 0 Å². The first-order valence-corrected chi connectivity index (χ1v) is 7.42. The van der Waals surface area contributed by atoms with E-state index >= 15 is 0 Å². The zero-order chi connectivity index (χ0) is 12.0. The number of nitrogens with one attached hydrogen (secondary N) is 1. The molecular formula is C12H24N2OS. The summed E-state index contributed by atoms with van der Waals surface area (Å²) >= 11 is 1.93. The van der Waals surface area contributed by atoms with Gasteiger partial charge in [-0.25, -0.2) is 4.79 Å². The van der Waals surface area contributed by atoms with Crippen LogP contribution >= 0.6 is 11.8 Å². The monoisotopic (exact) mass is 244 g/mol. The van der Waals surface area contributed by atoms with Gasteiger partial charge in [-0.1, -0.05) is 13.8 Å². The summed E-state index contributed by atoms with van der Waals surface area (Å²) in [4.78, 5) is 13.8. The molecule has 4 heteroatoms. The van der Waals surface area contributed by atoms with Crippen LogP contribution < -0.4 is 5.32 Å². The van der Waals surface area contributed by atoms with Crippen molar-refractivity contribution in [2.75, 3.05) is 24.6 Å². The third kappa shape index (κ3) is 4.64. The maximum Gasteiger partial charge on any atom is 0.317 e. The lowest BCUT2D eigenvalue weighted by molar-refractivity contribution is 0.203. The third-order valence-corrected chi connectivity index (χ3v) is 3.91.